The minimum absolute atomic E-state index is 0.0709. The van der Waals surface area contributed by atoms with Crippen LogP contribution in [0.1, 0.15) is 15.9 Å². The molecule has 144 valence electrons. The monoisotopic (exact) mass is 411 g/mol. The van der Waals surface area contributed by atoms with E-state index >= 15 is 0 Å². The molecule has 0 atom stereocenters. The summed E-state index contributed by atoms with van der Waals surface area (Å²) in [6.07, 6.45) is 0. The van der Waals surface area contributed by atoms with Gasteiger partial charge in [-0.3, -0.25) is 14.9 Å². The van der Waals surface area contributed by atoms with Gasteiger partial charge in [-0.15, -0.1) is 0 Å². The molecule has 9 nitrogen and oxygen atoms in total. The number of anilines is 1. The van der Waals surface area contributed by atoms with E-state index < -0.39 is 20.9 Å². The zero-order valence-corrected chi connectivity index (χ0v) is 16.0. The number of nitrogens with zero attached hydrogens (tertiary/aromatic N) is 2. The highest BCUT2D eigenvalue weighted by Crippen LogP contribution is 2.26. The molecule has 1 N–H and O–H groups in total. The Labute approximate surface area is 159 Å². The van der Waals surface area contributed by atoms with Crippen molar-refractivity contribution in [2.24, 2.45) is 0 Å². The molecule has 0 bridgehead atoms. The number of hydrogen-bond acceptors (Lipinski definition) is 7. The van der Waals surface area contributed by atoms with E-state index in [1.54, 1.807) is 13.0 Å². The lowest BCUT2D eigenvalue weighted by Gasteiger charge is -2.26. The maximum Gasteiger partial charge on any atom is 0.324 e. The number of hydrogen-bond donors (Lipinski definition) is 1. The van der Waals surface area contributed by atoms with E-state index in [0.717, 1.165) is 11.3 Å². The largest absolute Gasteiger partial charge is 0.379 e. The Balaban J connectivity index is 1.84. The molecule has 3 rings (SSSR count). The molecule has 0 radical (unpaired) electrons. The molecule has 1 saturated heterocycles. The van der Waals surface area contributed by atoms with Gasteiger partial charge in [0.1, 0.15) is 0 Å². The number of carbonyl (C=O) groups is 1. The third-order valence-electron chi connectivity index (χ3n) is 4.09. The maximum absolute atomic E-state index is 12.8. The van der Waals surface area contributed by atoms with Gasteiger partial charge in [0, 0.05) is 30.2 Å². The van der Waals surface area contributed by atoms with Crippen molar-refractivity contribution in [3.8, 4) is 0 Å². The van der Waals surface area contributed by atoms with Gasteiger partial charge in [0.15, 0.2) is 0 Å². The third-order valence-corrected chi connectivity index (χ3v) is 6.87. The second-order valence-electron chi connectivity index (χ2n) is 5.88. The molecule has 0 spiro atoms. The first-order valence-electron chi connectivity index (χ1n) is 8.02. The molecule has 11 heteroatoms. The normalized spacial score (nSPS) is 15.4. The van der Waals surface area contributed by atoms with Crippen LogP contribution in [-0.4, -0.2) is 49.9 Å². The Kier molecular flexibility index (Phi) is 5.56. The van der Waals surface area contributed by atoms with Crippen molar-refractivity contribution in [1.82, 2.24) is 4.31 Å². The summed E-state index contributed by atoms with van der Waals surface area (Å²) >= 11 is 0.853. The van der Waals surface area contributed by atoms with Crippen molar-refractivity contribution >= 4 is 38.0 Å². The molecule has 1 fully saturated rings. The number of ether oxygens (including phenoxy) is 1. The first kappa shape index (κ1) is 19.4. The summed E-state index contributed by atoms with van der Waals surface area (Å²) < 4.78 is 32.1. The topological polar surface area (TPSA) is 119 Å². The fourth-order valence-electron chi connectivity index (χ4n) is 2.57. The van der Waals surface area contributed by atoms with Gasteiger partial charge >= 0.3 is 5.00 Å². The number of nitrogens with one attached hydrogen (secondary N) is 1. The molecule has 1 amide bonds. The molecule has 1 aliphatic heterocycles. The number of aryl methyl sites for hydroxylation is 1. The molecule has 27 heavy (non-hydrogen) atoms. The van der Waals surface area contributed by atoms with Gasteiger partial charge in [-0.2, -0.15) is 4.31 Å². The zero-order valence-electron chi connectivity index (χ0n) is 14.4. The summed E-state index contributed by atoms with van der Waals surface area (Å²) in [5.41, 5.74) is 1.16. The molecule has 0 unspecified atom stereocenters. The van der Waals surface area contributed by atoms with Crippen molar-refractivity contribution in [2.45, 2.75) is 11.8 Å². The molecule has 2 heterocycles. The number of rotatable bonds is 5. The second-order valence-corrected chi connectivity index (χ2v) is 8.71. The smallest absolute Gasteiger partial charge is 0.324 e. The Morgan fingerprint density at radius 3 is 2.63 bits per heavy atom. The van der Waals surface area contributed by atoms with Crippen LogP contribution in [-0.2, 0) is 14.8 Å². The van der Waals surface area contributed by atoms with Gasteiger partial charge in [0.05, 0.1) is 28.6 Å². The van der Waals surface area contributed by atoms with Gasteiger partial charge in [-0.25, -0.2) is 8.42 Å². The van der Waals surface area contributed by atoms with Crippen LogP contribution < -0.4 is 5.32 Å². The van der Waals surface area contributed by atoms with Crippen LogP contribution >= 0.6 is 11.3 Å². The molecule has 1 aliphatic rings. The first-order valence-corrected chi connectivity index (χ1v) is 10.3. The summed E-state index contributed by atoms with van der Waals surface area (Å²) in [5, 5.41) is 14.6. The minimum Gasteiger partial charge on any atom is -0.379 e. The Hall–Kier alpha value is -2.34. The highest BCUT2D eigenvalue weighted by Gasteiger charge is 2.27. The number of morpholine rings is 1. The molecule has 0 aliphatic carbocycles. The van der Waals surface area contributed by atoms with Crippen molar-refractivity contribution in [3.05, 3.63) is 50.9 Å². The second kappa shape index (κ2) is 7.72. The van der Waals surface area contributed by atoms with Crippen molar-refractivity contribution in [1.29, 1.82) is 0 Å². The fraction of sp³-hybridized carbons (Fsp3) is 0.312. The van der Waals surface area contributed by atoms with Gasteiger partial charge < -0.3 is 10.1 Å². The van der Waals surface area contributed by atoms with E-state index in [4.69, 9.17) is 4.74 Å². The molecule has 1 aromatic carbocycles. The average molecular weight is 411 g/mol. The van der Waals surface area contributed by atoms with E-state index in [1.165, 1.54) is 27.9 Å². The Morgan fingerprint density at radius 2 is 2.00 bits per heavy atom. The van der Waals surface area contributed by atoms with Gasteiger partial charge in [0.25, 0.3) is 5.91 Å². The van der Waals surface area contributed by atoms with E-state index in [2.05, 4.69) is 5.32 Å². The number of benzene rings is 1. The lowest BCUT2D eigenvalue weighted by molar-refractivity contribution is -0.380. The summed E-state index contributed by atoms with van der Waals surface area (Å²) in [6.45, 7) is 2.96. The highest BCUT2D eigenvalue weighted by atomic mass is 32.2. The van der Waals surface area contributed by atoms with Gasteiger partial charge in [-0.05, 0) is 24.6 Å². The number of sulfonamides is 1. The van der Waals surface area contributed by atoms with E-state index in [0.29, 0.717) is 24.5 Å². The van der Waals surface area contributed by atoms with E-state index in [-0.39, 0.29) is 28.5 Å². The molecule has 0 saturated carbocycles. The quantitative estimate of drug-likeness (QED) is 0.595. The van der Waals surface area contributed by atoms with Crippen LogP contribution in [0.25, 0.3) is 0 Å². The van der Waals surface area contributed by atoms with Crippen molar-refractivity contribution < 1.29 is 22.9 Å². The third kappa shape index (κ3) is 4.16. The summed E-state index contributed by atoms with van der Waals surface area (Å²) in [4.78, 5) is 22.6. The first-order chi connectivity index (χ1) is 12.8. The molecular weight excluding hydrogens is 394 g/mol. The van der Waals surface area contributed by atoms with Gasteiger partial charge in [0.2, 0.25) is 10.0 Å². The van der Waals surface area contributed by atoms with E-state index in [9.17, 15) is 23.3 Å². The zero-order chi connectivity index (χ0) is 19.6. The number of thiophene rings is 1. The summed E-state index contributed by atoms with van der Waals surface area (Å²) in [7, 11) is -3.69. The standard InChI is InChI=1S/C16H17N3O6S2/c1-11-2-3-13(27(23,24)18-4-6-25-7-5-18)9-14(11)17-16(20)12-8-15(19(21)22)26-10-12/h2-3,8-10H,4-7H2,1H3,(H,17,20). The predicted octanol–water partition coefficient (Wildman–Crippen LogP) is 2.24. The van der Waals surface area contributed by atoms with Crippen LogP contribution in [0, 0.1) is 17.0 Å². The molecular formula is C16H17N3O6S2. The summed E-state index contributed by atoms with van der Waals surface area (Å²) in [5.74, 6) is -0.539. The fourth-order valence-corrected chi connectivity index (χ4v) is 4.71. The Morgan fingerprint density at radius 1 is 1.30 bits per heavy atom. The number of amides is 1. The Bertz CT molecular complexity index is 980. The maximum atomic E-state index is 12.8. The minimum atomic E-state index is -3.69. The summed E-state index contributed by atoms with van der Waals surface area (Å²) in [6, 6.07) is 5.69. The highest BCUT2D eigenvalue weighted by molar-refractivity contribution is 7.89. The van der Waals surface area contributed by atoms with E-state index in [1.807, 2.05) is 0 Å². The lowest BCUT2D eigenvalue weighted by Crippen LogP contribution is -2.40. The predicted molar refractivity (Wildman–Crippen MR) is 99.7 cm³/mol. The average Bonchev–Trinajstić information content (AvgIpc) is 3.15. The molecule has 2 aromatic rings. The van der Waals surface area contributed by atoms with Crippen LogP contribution in [0.5, 0.6) is 0 Å². The van der Waals surface area contributed by atoms with Crippen molar-refractivity contribution in [2.75, 3.05) is 31.6 Å². The van der Waals surface area contributed by atoms with Crippen LogP contribution in [0.2, 0.25) is 0 Å². The van der Waals surface area contributed by atoms with Gasteiger partial charge in [-0.1, -0.05) is 17.4 Å². The number of carbonyl (C=O) groups excluding carboxylic acids is 1. The van der Waals surface area contributed by atoms with Crippen LogP contribution in [0.15, 0.2) is 34.5 Å². The van der Waals surface area contributed by atoms with Crippen LogP contribution in [0.4, 0.5) is 10.7 Å². The number of nitro groups is 1. The van der Waals surface area contributed by atoms with Crippen molar-refractivity contribution in [3.63, 3.8) is 0 Å². The van der Waals surface area contributed by atoms with Crippen LogP contribution in [0.3, 0.4) is 0 Å². The lowest BCUT2D eigenvalue weighted by atomic mass is 10.2. The molecule has 1 aromatic heterocycles. The SMILES string of the molecule is Cc1ccc(S(=O)(=O)N2CCOCC2)cc1NC(=O)c1csc([N+](=O)[O-])c1.